The van der Waals surface area contributed by atoms with Crippen LogP contribution in [0.25, 0.3) is 0 Å². The molecule has 96 valence electrons. The number of hydrogen-bond acceptors (Lipinski definition) is 3. The van der Waals surface area contributed by atoms with Crippen LogP contribution in [0.4, 0.5) is 0 Å². The van der Waals surface area contributed by atoms with Gasteiger partial charge in [-0.25, -0.2) is 0 Å². The summed E-state index contributed by atoms with van der Waals surface area (Å²) in [5.74, 6) is 0.773. The molecule has 2 atom stereocenters. The van der Waals surface area contributed by atoms with Gasteiger partial charge in [0.25, 0.3) is 0 Å². The van der Waals surface area contributed by atoms with Gasteiger partial charge in [-0.05, 0) is 25.4 Å². The molecule has 1 N–H and O–H groups in total. The van der Waals surface area contributed by atoms with Gasteiger partial charge in [0.15, 0.2) is 0 Å². The van der Waals surface area contributed by atoms with Gasteiger partial charge in [0.2, 0.25) is 0 Å². The molecule has 3 heteroatoms. The largest absolute Gasteiger partial charge is 0.374 e. The van der Waals surface area contributed by atoms with E-state index in [0.717, 1.165) is 38.7 Å². The zero-order valence-electron chi connectivity index (χ0n) is 11.2. The quantitative estimate of drug-likeness (QED) is 0.718. The molecule has 1 heterocycles. The average Bonchev–Trinajstić information content (AvgIpc) is 2.30. The maximum atomic E-state index is 5.77. The molecule has 0 saturated carbocycles. The van der Waals surface area contributed by atoms with Crippen LogP contribution in [-0.4, -0.2) is 50.3 Å². The summed E-state index contributed by atoms with van der Waals surface area (Å²) in [5.41, 5.74) is 0. The summed E-state index contributed by atoms with van der Waals surface area (Å²) in [6.07, 6.45) is 2.89. The zero-order chi connectivity index (χ0) is 11.8. The van der Waals surface area contributed by atoms with E-state index in [2.05, 4.69) is 31.0 Å². The first-order chi connectivity index (χ1) is 7.76. The third kappa shape index (κ3) is 5.28. The first-order valence-electron chi connectivity index (χ1n) is 6.80. The Morgan fingerprint density at radius 2 is 2.25 bits per heavy atom. The van der Waals surface area contributed by atoms with Crippen LogP contribution in [0.2, 0.25) is 0 Å². The molecular weight excluding hydrogens is 200 g/mol. The van der Waals surface area contributed by atoms with Crippen LogP contribution in [0.15, 0.2) is 0 Å². The highest BCUT2D eigenvalue weighted by Crippen LogP contribution is 2.05. The van der Waals surface area contributed by atoms with Crippen molar-refractivity contribution < 1.29 is 4.74 Å². The maximum absolute atomic E-state index is 5.77. The summed E-state index contributed by atoms with van der Waals surface area (Å²) in [6.45, 7) is 13.2. The molecule has 16 heavy (non-hydrogen) atoms. The second-order valence-corrected chi connectivity index (χ2v) is 4.97. The molecule has 0 aromatic carbocycles. The van der Waals surface area contributed by atoms with Crippen molar-refractivity contribution in [3.63, 3.8) is 0 Å². The molecule has 1 aliphatic rings. The van der Waals surface area contributed by atoms with E-state index >= 15 is 0 Å². The lowest BCUT2D eigenvalue weighted by molar-refractivity contribution is -0.0271. The number of morpholine rings is 1. The van der Waals surface area contributed by atoms with Gasteiger partial charge < -0.3 is 10.1 Å². The smallest absolute Gasteiger partial charge is 0.0826 e. The molecule has 0 aromatic rings. The number of nitrogens with zero attached hydrogens (tertiary/aromatic N) is 1. The first-order valence-corrected chi connectivity index (χ1v) is 6.80. The van der Waals surface area contributed by atoms with Crippen molar-refractivity contribution >= 4 is 0 Å². The fourth-order valence-corrected chi connectivity index (χ4v) is 2.06. The van der Waals surface area contributed by atoms with Gasteiger partial charge in [-0.2, -0.15) is 0 Å². The molecule has 0 spiro atoms. The van der Waals surface area contributed by atoms with Crippen molar-refractivity contribution in [2.45, 2.75) is 39.7 Å². The summed E-state index contributed by atoms with van der Waals surface area (Å²) >= 11 is 0. The van der Waals surface area contributed by atoms with Gasteiger partial charge in [0.1, 0.15) is 0 Å². The van der Waals surface area contributed by atoms with E-state index in [4.69, 9.17) is 4.74 Å². The van der Waals surface area contributed by atoms with Crippen molar-refractivity contribution in [1.82, 2.24) is 10.2 Å². The van der Waals surface area contributed by atoms with Crippen molar-refractivity contribution in [2.75, 3.05) is 39.3 Å². The predicted molar refractivity (Wildman–Crippen MR) is 68.8 cm³/mol. The second kappa shape index (κ2) is 8.04. The molecule has 1 rings (SSSR count). The Bertz CT molecular complexity index is 173. The molecule has 2 unspecified atom stereocenters. The minimum atomic E-state index is 0.393. The summed E-state index contributed by atoms with van der Waals surface area (Å²) in [6, 6.07) is 0. The molecule has 1 fully saturated rings. The van der Waals surface area contributed by atoms with E-state index in [1.165, 1.54) is 19.4 Å². The Kier molecular flexibility index (Phi) is 7.01. The number of ether oxygens (including phenoxy) is 1. The summed E-state index contributed by atoms with van der Waals surface area (Å²) in [7, 11) is 0. The lowest BCUT2D eigenvalue weighted by Crippen LogP contribution is -2.47. The lowest BCUT2D eigenvalue weighted by Gasteiger charge is -2.33. The molecule has 0 aromatic heterocycles. The van der Waals surface area contributed by atoms with Crippen LogP contribution in [0.1, 0.15) is 33.6 Å². The van der Waals surface area contributed by atoms with Crippen LogP contribution < -0.4 is 5.32 Å². The van der Waals surface area contributed by atoms with Crippen LogP contribution >= 0.6 is 0 Å². The fraction of sp³-hybridized carbons (Fsp3) is 1.00. The van der Waals surface area contributed by atoms with Crippen LogP contribution in [-0.2, 0) is 4.74 Å². The van der Waals surface area contributed by atoms with Gasteiger partial charge >= 0.3 is 0 Å². The molecule has 0 radical (unpaired) electrons. The van der Waals surface area contributed by atoms with Gasteiger partial charge in [-0.15, -0.1) is 0 Å². The summed E-state index contributed by atoms with van der Waals surface area (Å²) in [4.78, 5) is 2.51. The number of nitrogens with one attached hydrogen (secondary N) is 1. The Hall–Kier alpha value is -0.120. The van der Waals surface area contributed by atoms with Gasteiger partial charge in [0, 0.05) is 19.6 Å². The molecule has 0 aliphatic carbocycles. The Balaban J connectivity index is 2.11. The van der Waals surface area contributed by atoms with Crippen LogP contribution in [0.5, 0.6) is 0 Å². The van der Waals surface area contributed by atoms with E-state index in [1.54, 1.807) is 0 Å². The topological polar surface area (TPSA) is 24.5 Å². The molecule has 1 saturated heterocycles. The van der Waals surface area contributed by atoms with Crippen LogP contribution in [0.3, 0.4) is 0 Å². The van der Waals surface area contributed by atoms with E-state index in [-0.39, 0.29) is 0 Å². The standard InChI is InChI=1S/C13H28N2O/c1-4-6-15-7-8-16-13(11-15)10-14-9-12(3)5-2/h12-14H,4-11H2,1-3H3. The monoisotopic (exact) mass is 228 g/mol. The summed E-state index contributed by atoms with van der Waals surface area (Å²) in [5, 5.41) is 3.52. The molecule has 0 amide bonds. The lowest BCUT2D eigenvalue weighted by atomic mass is 10.1. The Morgan fingerprint density at radius 1 is 1.44 bits per heavy atom. The first kappa shape index (κ1) is 13.9. The highest BCUT2D eigenvalue weighted by molar-refractivity contribution is 4.73. The van der Waals surface area contributed by atoms with Gasteiger partial charge in [-0.1, -0.05) is 27.2 Å². The normalized spacial score (nSPS) is 24.6. The average molecular weight is 228 g/mol. The summed E-state index contributed by atoms with van der Waals surface area (Å²) < 4.78 is 5.77. The second-order valence-electron chi connectivity index (χ2n) is 4.97. The molecule has 3 nitrogen and oxygen atoms in total. The Morgan fingerprint density at radius 3 is 2.94 bits per heavy atom. The zero-order valence-corrected chi connectivity index (χ0v) is 11.2. The molecular formula is C13H28N2O. The third-order valence-electron chi connectivity index (χ3n) is 3.32. The van der Waals surface area contributed by atoms with Crippen molar-refractivity contribution in [1.29, 1.82) is 0 Å². The minimum Gasteiger partial charge on any atom is -0.374 e. The molecule has 0 bridgehead atoms. The SMILES string of the molecule is CCCN1CCOC(CNCC(C)CC)C1. The van der Waals surface area contributed by atoms with Crippen molar-refractivity contribution in [3.05, 3.63) is 0 Å². The fourth-order valence-electron chi connectivity index (χ4n) is 2.06. The minimum absolute atomic E-state index is 0.393. The highest BCUT2D eigenvalue weighted by Gasteiger charge is 2.19. The van der Waals surface area contributed by atoms with Crippen LogP contribution in [0, 0.1) is 5.92 Å². The predicted octanol–water partition coefficient (Wildman–Crippen LogP) is 1.73. The van der Waals surface area contributed by atoms with Crippen molar-refractivity contribution in [3.8, 4) is 0 Å². The van der Waals surface area contributed by atoms with Gasteiger partial charge in [-0.3, -0.25) is 4.90 Å². The maximum Gasteiger partial charge on any atom is 0.0826 e. The number of hydrogen-bond donors (Lipinski definition) is 1. The van der Waals surface area contributed by atoms with Crippen molar-refractivity contribution in [2.24, 2.45) is 5.92 Å². The molecule has 1 aliphatic heterocycles. The van der Waals surface area contributed by atoms with E-state index in [0.29, 0.717) is 6.10 Å². The highest BCUT2D eigenvalue weighted by atomic mass is 16.5. The van der Waals surface area contributed by atoms with E-state index in [9.17, 15) is 0 Å². The Labute approximate surface area is 101 Å². The third-order valence-corrected chi connectivity index (χ3v) is 3.32. The van der Waals surface area contributed by atoms with E-state index < -0.39 is 0 Å². The number of rotatable bonds is 7. The van der Waals surface area contributed by atoms with Gasteiger partial charge in [0.05, 0.1) is 12.7 Å². The van der Waals surface area contributed by atoms with E-state index in [1.807, 2.05) is 0 Å².